The molecule has 0 aromatic heterocycles. The molecule has 3 atom stereocenters. The Morgan fingerprint density at radius 2 is 2.05 bits per heavy atom. The number of likely N-dealkylation sites (N-methyl/N-ethyl adjacent to an activating group) is 1. The van der Waals surface area contributed by atoms with Crippen molar-refractivity contribution >= 4 is 17.8 Å². The van der Waals surface area contributed by atoms with E-state index in [1.807, 2.05) is 0 Å². The minimum Gasteiger partial charge on any atom is -0.481 e. The molecule has 1 N–H and O–H groups in total. The summed E-state index contributed by atoms with van der Waals surface area (Å²) in [5, 5.41) is 9.16. The number of aliphatic carboxylic acids is 1. The third-order valence-corrected chi connectivity index (χ3v) is 4.71. The molecular formula is C14H20N2O5. The Labute approximate surface area is 122 Å². The first-order valence-electron chi connectivity index (χ1n) is 7.35. The summed E-state index contributed by atoms with van der Waals surface area (Å²) in [6.45, 7) is 0.847. The zero-order chi connectivity index (χ0) is 15.1. The molecule has 2 aliphatic heterocycles. The summed E-state index contributed by atoms with van der Waals surface area (Å²) in [6, 6.07) is -0.123. The first-order valence-corrected chi connectivity index (χ1v) is 7.35. The van der Waals surface area contributed by atoms with Crippen LogP contribution in [0.15, 0.2) is 0 Å². The van der Waals surface area contributed by atoms with Gasteiger partial charge in [-0.25, -0.2) is 0 Å². The second-order valence-corrected chi connectivity index (χ2v) is 6.18. The second kappa shape index (κ2) is 5.29. The van der Waals surface area contributed by atoms with Crippen LogP contribution in [-0.2, 0) is 19.1 Å². The molecule has 0 bridgehead atoms. The number of likely N-dealkylation sites (tertiary alicyclic amines) is 1. The highest BCUT2D eigenvalue weighted by Crippen LogP contribution is 2.33. The Kier molecular flexibility index (Phi) is 3.61. The molecule has 116 valence electrons. The summed E-state index contributed by atoms with van der Waals surface area (Å²) in [4.78, 5) is 38.9. The lowest BCUT2D eigenvalue weighted by Gasteiger charge is -2.28. The number of carboxylic acid groups (broad SMARTS) is 1. The zero-order valence-electron chi connectivity index (χ0n) is 12.0. The molecule has 2 amide bonds. The first kappa shape index (κ1) is 14.3. The van der Waals surface area contributed by atoms with Gasteiger partial charge in [0.25, 0.3) is 0 Å². The predicted molar refractivity (Wildman–Crippen MR) is 71.3 cm³/mol. The summed E-state index contributed by atoms with van der Waals surface area (Å²) in [6.07, 6.45) is 2.30. The monoisotopic (exact) mass is 296 g/mol. The summed E-state index contributed by atoms with van der Waals surface area (Å²) in [7, 11) is 1.61. The number of carbonyl (C=O) groups is 3. The molecule has 0 aromatic rings. The van der Waals surface area contributed by atoms with Gasteiger partial charge < -0.3 is 19.6 Å². The Morgan fingerprint density at radius 3 is 2.67 bits per heavy atom. The minimum absolute atomic E-state index is 0.0432. The fourth-order valence-electron chi connectivity index (χ4n) is 3.25. The Balaban J connectivity index is 1.64. The third kappa shape index (κ3) is 2.62. The Bertz CT molecular complexity index is 476. The number of rotatable bonds is 4. The average molecular weight is 296 g/mol. The van der Waals surface area contributed by atoms with E-state index >= 15 is 0 Å². The standard InChI is InChI=1S/C14H20N2O5/c1-15(11-7-21-6-10(11)14(19)20)13(18)8-4-12(17)16(5-8)9-2-3-9/h8-11H,2-7H2,1H3,(H,19,20). The maximum Gasteiger partial charge on any atom is 0.311 e. The van der Waals surface area contributed by atoms with E-state index < -0.39 is 17.9 Å². The van der Waals surface area contributed by atoms with Gasteiger partial charge in [-0.15, -0.1) is 0 Å². The summed E-state index contributed by atoms with van der Waals surface area (Å²) in [5.41, 5.74) is 0. The largest absolute Gasteiger partial charge is 0.481 e. The van der Waals surface area contributed by atoms with Crippen molar-refractivity contribution in [2.75, 3.05) is 26.8 Å². The predicted octanol–water partition coefficient (Wildman–Crippen LogP) is -0.445. The van der Waals surface area contributed by atoms with Crippen LogP contribution in [0.2, 0.25) is 0 Å². The molecule has 21 heavy (non-hydrogen) atoms. The third-order valence-electron chi connectivity index (χ3n) is 4.71. The smallest absolute Gasteiger partial charge is 0.311 e. The number of hydrogen-bond donors (Lipinski definition) is 1. The van der Waals surface area contributed by atoms with Crippen LogP contribution in [0.1, 0.15) is 19.3 Å². The molecule has 2 heterocycles. The number of carboxylic acids is 1. The van der Waals surface area contributed by atoms with Crippen molar-refractivity contribution in [3.8, 4) is 0 Å². The zero-order valence-corrected chi connectivity index (χ0v) is 12.0. The molecule has 1 saturated carbocycles. The van der Waals surface area contributed by atoms with Gasteiger partial charge in [0.05, 0.1) is 25.2 Å². The lowest BCUT2D eigenvalue weighted by molar-refractivity contribution is -0.145. The molecule has 2 saturated heterocycles. The summed E-state index contributed by atoms with van der Waals surface area (Å²) < 4.78 is 5.20. The number of hydrogen-bond acceptors (Lipinski definition) is 4. The molecule has 7 nitrogen and oxygen atoms in total. The molecule has 0 spiro atoms. The Morgan fingerprint density at radius 1 is 1.33 bits per heavy atom. The van der Waals surface area contributed by atoms with Crippen LogP contribution in [0, 0.1) is 11.8 Å². The molecular weight excluding hydrogens is 276 g/mol. The van der Waals surface area contributed by atoms with Crippen LogP contribution in [-0.4, -0.2) is 71.6 Å². The van der Waals surface area contributed by atoms with Gasteiger partial charge in [-0.3, -0.25) is 14.4 Å². The van der Waals surface area contributed by atoms with Crippen molar-refractivity contribution in [3.05, 3.63) is 0 Å². The van der Waals surface area contributed by atoms with Gasteiger partial charge in [-0.1, -0.05) is 0 Å². The quantitative estimate of drug-likeness (QED) is 0.759. The number of ether oxygens (including phenoxy) is 1. The molecule has 1 aliphatic carbocycles. The maximum absolute atomic E-state index is 12.5. The average Bonchev–Trinajstić information content (AvgIpc) is 3.02. The van der Waals surface area contributed by atoms with Crippen molar-refractivity contribution in [2.45, 2.75) is 31.3 Å². The van der Waals surface area contributed by atoms with Gasteiger partial charge in [0.1, 0.15) is 5.92 Å². The van der Waals surface area contributed by atoms with Crippen molar-refractivity contribution in [2.24, 2.45) is 11.8 Å². The van der Waals surface area contributed by atoms with Gasteiger partial charge >= 0.3 is 5.97 Å². The lowest BCUT2D eigenvalue weighted by Crippen LogP contribution is -2.46. The van der Waals surface area contributed by atoms with E-state index in [1.54, 1.807) is 11.9 Å². The minimum atomic E-state index is -0.945. The number of amides is 2. The van der Waals surface area contributed by atoms with E-state index in [0.29, 0.717) is 12.6 Å². The van der Waals surface area contributed by atoms with Crippen molar-refractivity contribution in [1.29, 1.82) is 0 Å². The van der Waals surface area contributed by atoms with Crippen LogP contribution in [0.25, 0.3) is 0 Å². The van der Waals surface area contributed by atoms with Crippen LogP contribution in [0.3, 0.4) is 0 Å². The van der Waals surface area contributed by atoms with Crippen LogP contribution < -0.4 is 0 Å². The van der Waals surface area contributed by atoms with Crippen molar-refractivity contribution in [3.63, 3.8) is 0 Å². The van der Waals surface area contributed by atoms with Crippen LogP contribution >= 0.6 is 0 Å². The highest BCUT2D eigenvalue weighted by molar-refractivity contribution is 5.90. The number of carbonyl (C=O) groups excluding carboxylic acids is 2. The van der Waals surface area contributed by atoms with E-state index in [9.17, 15) is 14.4 Å². The second-order valence-electron chi connectivity index (χ2n) is 6.18. The summed E-state index contributed by atoms with van der Waals surface area (Å²) >= 11 is 0. The van der Waals surface area contributed by atoms with Gasteiger partial charge in [0.15, 0.2) is 0 Å². The fraction of sp³-hybridized carbons (Fsp3) is 0.786. The van der Waals surface area contributed by atoms with E-state index in [1.165, 1.54) is 4.90 Å². The highest BCUT2D eigenvalue weighted by atomic mass is 16.5. The number of nitrogens with zero attached hydrogens (tertiary/aromatic N) is 2. The van der Waals surface area contributed by atoms with Crippen molar-refractivity contribution in [1.82, 2.24) is 9.80 Å². The van der Waals surface area contributed by atoms with Crippen LogP contribution in [0.4, 0.5) is 0 Å². The van der Waals surface area contributed by atoms with E-state index in [-0.39, 0.29) is 37.4 Å². The fourth-order valence-corrected chi connectivity index (χ4v) is 3.25. The molecule has 7 heteroatoms. The normalized spacial score (nSPS) is 32.5. The molecule has 3 fully saturated rings. The van der Waals surface area contributed by atoms with E-state index in [2.05, 4.69) is 0 Å². The first-order chi connectivity index (χ1) is 9.99. The van der Waals surface area contributed by atoms with Gasteiger partial charge in [-0.05, 0) is 12.8 Å². The van der Waals surface area contributed by atoms with Gasteiger partial charge in [0, 0.05) is 26.1 Å². The highest BCUT2D eigenvalue weighted by Gasteiger charge is 2.45. The maximum atomic E-state index is 12.5. The lowest BCUT2D eigenvalue weighted by atomic mass is 10.00. The summed E-state index contributed by atoms with van der Waals surface area (Å²) in [5.74, 6) is -2.08. The molecule has 0 aromatic carbocycles. The molecule has 3 unspecified atom stereocenters. The van der Waals surface area contributed by atoms with E-state index in [4.69, 9.17) is 9.84 Å². The topological polar surface area (TPSA) is 87.2 Å². The van der Waals surface area contributed by atoms with Gasteiger partial charge in [0.2, 0.25) is 11.8 Å². The van der Waals surface area contributed by atoms with Gasteiger partial charge in [-0.2, -0.15) is 0 Å². The Hall–Kier alpha value is -1.63. The van der Waals surface area contributed by atoms with E-state index in [0.717, 1.165) is 12.8 Å². The van der Waals surface area contributed by atoms with Crippen molar-refractivity contribution < 1.29 is 24.2 Å². The van der Waals surface area contributed by atoms with Crippen LogP contribution in [0.5, 0.6) is 0 Å². The molecule has 0 radical (unpaired) electrons. The molecule has 3 rings (SSSR count). The molecule has 3 aliphatic rings. The SMILES string of the molecule is CN(C(=O)C1CC(=O)N(C2CC2)C1)C1COCC1C(=O)O.